The molecule has 3 rings (SSSR count). The number of aryl methyl sites for hydroxylation is 1. The number of nitrogens with one attached hydrogen (secondary N) is 1. The van der Waals surface area contributed by atoms with Crippen LogP contribution >= 0.6 is 23.4 Å². The van der Waals surface area contributed by atoms with Crippen LogP contribution in [0.4, 0.5) is 5.82 Å². The first-order valence-electron chi connectivity index (χ1n) is 8.61. The van der Waals surface area contributed by atoms with Crippen molar-refractivity contribution in [1.29, 1.82) is 0 Å². The van der Waals surface area contributed by atoms with Gasteiger partial charge >= 0.3 is 0 Å². The van der Waals surface area contributed by atoms with Gasteiger partial charge in [-0.25, -0.2) is 0 Å². The summed E-state index contributed by atoms with van der Waals surface area (Å²) in [6.07, 6.45) is 0.639. The SMILES string of the molecule is CCC(Sc1nnc(-c2ccc(Cl)cc2)n1CC)C(=O)Nc1cc(C)on1. The van der Waals surface area contributed by atoms with Crippen LogP contribution in [-0.2, 0) is 11.3 Å². The predicted molar refractivity (Wildman–Crippen MR) is 106 cm³/mol. The molecular weight excluding hydrogens is 386 g/mol. The fraction of sp³-hybridized carbons (Fsp3) is 0.333. The first kappa shape index (κ1) is 19.4. The Bertz CT molecular complexity index is 922. The van der Waals surface area contributed by atoms with Gasteiger partial charge in [-0.1, -0.05) is 35.4 Å². The molecule has 0 radical (unpaired) electrons. The second kappa shape index (κ2) is 8.58. The van der Waals surface area contributed by atoms with Crippen LogP contribution in [-0.4, -0.2) is 31.1 Å². The van der Waals surface area contributed by atoms with E-state index in [1.807, 2.05) is 42.7 Å². The molecule has 0 saturated heterocycles. The Morgan fingerprint density at radius 3 is 2.63 bits per heavy atom. The summed E-state index contributed by atoms with van der Waals surface area (Å²) in [5.41, 5.74) is 0.927. The highest BCUT2D eigenvalue weighted by Crippen LogP contribution is 2.29. The second-order valence-corrected chi connectivity index (χ2v) is 7.49. The molecule has 2 aromatic heterocycles. The first-order chi connectivity index (χ1) is 13.0. The van der Waals surface area contributed by atoms with Crippen molar-refractivity contribution in [3.8, 4) is 11.4 Å². The van der Waals surface area contributed by atoms with Crippen LogP contribution in [0.15, 0.2) is 40.0 Å². The zero-order chi connectivity index (χ0) is 19.4. The lowest BCUT2D eigenvalue weighted by Gasteiger charge is -2.14. The molecule has 7 nitrogen and oxygen atoms in total. The van der Waals surface area contributed by atoms with Gasteiger partial charge in [-0.2, -0.15) is 0 Å². The van der Waals surface area contributed by atoms with Gasteiger partial charge in [-0.05, 0) is 44.5 Å². The van der Waals surface area contributed by atoms with Crippen LogP contribution in [0.5, 0.6) is 0 Å². The minimum absolute atomic E-state index is 0.144. The topological polar surface area (TPSA) is 85.8 Å². The first-order valence-corrected chi connectivity index (χ1v) is 9.87. The Hall–Kier alpha value is -2.32. The van der Waals surface area contributed by atoms with Crippen LogP contribution in [0.2, 0.25) is 5.02 Å². The fourth-order valence-corrected chi connectivity index (χ4v) is 3.70. The molecule has 0 fully saturated rings. The summed E-state index contributed by atoms with van der Waals surface area (Å²) in [5, 5.41) is 16.2. The molecule has 1 unspecified atom stereocenters. The van der Waals surface area contributed by atoms with E-state index >= 15 is 0 Å². The molecule has 0 bridgehead atoms. The monoisotopic (exact) mass is 405 g/mol. The highest BCUT2D eigenvalue weighted by atomic mass is 35.5. The number of thioether (sulfide) groups is 1. The zero-order valence-corrected chi connectivity index (χ0v) is 16.8. The molecule has 1 aromatic carbocycles. The zero-order valence-electron chi connectivity index (χ0n) is 15.3. The summed E-state index contributed by atoms with van der Waals surface area (Å²) in [6.45, 7) is 6.44. The standard InChI is InChI=1S/C18H20ClN5O2S/c1-4-14(17(25)20-15-10-11(3)26-23-15)27-18-22-21-16(24(18)5-2)12-6-8-13(19)9-7-12/h6-10,14H,4-5H2,1-3H3,(H,20,23,25). The van der Waals surface area contributed by atoms with Gasteiger partial charge in [0, 0.05) is 23.2 Å². The van der Waals surface area contributed by atoms with E-state index in [0.29, 0.717) is 34.7 Å². The van der Waals surface area contributed by atoms with E-state index in [2.05, 4.69) is 20.7 Å². The highest BCUT2D eigenvalue weighted by molar-refractivity contribution is 8.00. The summed E-state index contributed by atoms with van der Waals surface area (Å²) >= 11 is 7.35. The number of carbonyl (C=O) groups is 1. The lowest BCUT2D eigenvalue weighted by Crippen LogP contribution is -2.25. The maximum atomic E-state index is 12.6. The molecule has 9 heteroatoms. The molecular formula is C18H20ClN5O2S. The minimum atomic E-state index is -0.324. The second-order valence-electron chi connectivity index (χ2n) is 5.88. The van der Waals surface area contributed by atoms with Crippen LogP contribution < -0.4 is 5.32 Å². The molecule has 0 aliphatic heterocycles. The Kier molecular flexibility index (Phi) is 6.18. The van der Waals surface area contributed by atoms with E-state index in [1.165, 1.54) is 11.8 Å². The number of nitrogens with zero attached hydrogens (tertiary/aromatic N) is 4. The lowest BCUT2D eigenvalue weighted by atomic mass is 10.2. The van der Waals surface area contributed by atoms with E-state index in [0.717, 1.165) is 11.4 Å². The third-order valence-corrected chi connectivity index (χ3v) is 5.52. The van der Waals surface area contributed by atoms with Crippen LogP contribution in [0, 0.1) is 6.92 Å². The Balaban J connectivity index is 1.78. The van der Waals surface area contributed by atoms with E-state index in [1.54, 1.807) is 13.0 Å². The van der Waals surface area contributed by atoms with Crippen molar-refractivity contribution in [3.63, 3.8) is 0 Å². The Morgan fingerprint density at radius 1 is 1.30 bits per heavy atom. The predicted octanol–water partition coefficient (Wildman–Crippen LogP) is 4.42. The summed E-state index contributed by atoms with van der Waals surface area (Å²) < 4.78 is 6.98. The van der Waals surface area contributed by atoms with Crippen molar-refractivity contribution in [2.45, 2.75) is 44.1 Å². The number of aromatic nitrogens is 4. The van der Waals surface area contributed by atoms with E-state index < -0.39 is 0 Å². The number of hydrogen-bond donors (Lipinski definition) is 1. The highest BCUT2D eigenvalue weighted by Gasteiger charge is 2.23. The van der Waals surface area contributed by atoms with Gasteiger partial charge in [0.1, 0.15) is 5.76 Å². The summed E-state index contributed by atoms with van der Waals surface area (Å²) in [6, 6.07) is 9.14. The van der Waals surface area contributed by atoms with Crippen LogP contribution in [0.3, 0.4) is 0 Å². The number of halogens is 1. The number of carbonyl (C=O) groups excluding carboxylic acids is 1. The quantitative estimate of drug-likeness (QED) is 0.585. The van der Waals surface area contributed by atoms with Crippen molar-refractivity contribution in [2.24, 2.45) is 0 Å². The largest absolute Gasteiger partial charge is 0.360 e. The van der Waals surface area contributed by atoms with Crippen molar-refractivity contribution < 1.29 is 9.32 Å². The maximum Gasteiger partial charge on any atom is 0.239 e. The van der Waals surface area contributed by atoms with Crippen LogP contribution in [0.1, 0.15) is 26.0 Å². The maximum absolute atomic E-state index is 12.6. The average molecular weight is 406 g/mol. The van der Waals surface area contributed by atoms with Crippen molar-refractivity contribution in [1.82, 2.24) is 19.9 Å². The molecule has 2 heterocycles. The molecule has 0 aliphatic carbocycles. The molecule has 1 amide bonds. The van der Waals surface area contributed by atoms with E-state index in [-0.39, 0.29) is 11.2 Å². The Morgan fingerprint density at radius 2 is 2.04 bits per heavy atom. The van der Waals surface area contributed by atoms with E-state index in [9.17, 15) is 4.79 Å². The average Bonchev–Trinajstić information content (AvgIpc) is 3.25. The molecule has 27 heavy (non-hydrogen) atoms. The number of amides is 1. The molecule has 0 saturated carbocycles. The number of hydrogen-bond acceptors (Lipinski definition) is 6. The van der Waals surface area contributed by atoms with Gasteiger partial charge in [-0.3, -0.25) is 4.79 Å². The van der Waals surface area contributed by atoms with Gasteiger partial charge in [0.05, 0.1) is 5.25 Å². The van der Waals surface area contributed by atoms with E-state index in [4.69, 9.17) is 16.1 Å². The molecule has 1 N–H and O–H groups in total. The van der Waals surface area contributed by atoms with Crippen molar-refractivity contribution in [3.05, 3.63) is 41.1 Å². The van der Waals surface area contributed by atoms with Gasteiger partial charge in [0.15, 0.2) is 16.8 Å². The van der Waals surface area contributed by atoms with Crippen LogP contribution in [0.25, 0.3) is 11.4 Å². The van der Waals surface area contributed by atoms with Gasteiger partial charge in [0.25, 0.3) is 0 Å². The number of benzene rings is 1. The number of rotatable bonds is 7. The molecule has 3 aromatic rings. The fourth-order valence-electron chi connectivity index (χ4n) is 2.55. The number of anilines is 1. The molecule has 1 atom stereocenters. The molecule has 0 aliphatic rings. The third kappa shape index (κ3) is 4.51. The summed E-state index contributed by atoms with van der Waals surface area (Å²) in [4.78, 5) is 12.6. The summed E-state index contributed by atoms with van der Waals surface area (Å²) in [7, 11) is 0. The van der Waals surface area contributed by atoms with Gasteiger partial charge < -0.3 is 14.4 Å². The van der Waals surface area contributed by atoms with Gasteiger partial charge in [-0.15, -0.1) is 10.2 Å². The normalized spacial score (nSPS) is 12.1. The van der Waals surface area contributed by atoms with Crippen molar-refractivity contribution in [2.75, 3.05) is 5.32 Å². The molecule has 142 valence electrons. The van der Waals surface area contributed by atoms with Crippen molar-refractivity contribution >= 4 is 35.1 Å². The minimum Gasteiger partial charge on any atom is -0.360 e. The lowest BCUT2D eigenvalue weighted by molar-refractivity contribution is -0.115. The molecule has 0 spiro atoms. The third-order valence-electron chi connectivity index (χ3n) is 3.93. The smallest absolute Gasteiger partial charge is 0.239 e. The van der Waals surface area contributed by atoms with Gasteiger partial charge in [0.2, 0.25) is 5.91 Å². The summed E-state index contributed by atoms with van der Waals surface area (Å²) in [5.74, 6) is 1.66. The Labute approximate surface area is 166 Å².